The van der Waals surface area contributed by atoms with Crippen LogP contribution in [0.4, 0.5) is 0 Å². The van der Waals surface area contributed by atoms with Gasteiger partial charge in [0.25, 0.3) is 0 Å². The van der Waals surface area contributed by atoms with Crippen molar-refractivity contribution in [3.8, 4) is 0 Å². The third-order valence-electron chi connectivity index (χ3n) is 2.27. The van der Waals surface area contributed by atoms with Crippen molar-refractivity contribution in [2.24, 2.45) is 0 Å². The van der Waals surface area contributed by atoms with Crippen molar-refractivity contribution in [3.63, 3.8) is 0 Å². The summed E-state index contributed by atoms with van der Waals surface area (Å²) in [6, 6.07) is 0. The molecule has 1 fully saturated rings. The van der Waals surface area contributed by atoms with Crippen LogP contribution in [0.1, 0.15) is 13.8 Å². The minimum atomic E-state index is 1.11. The van der Waals surface area contributed by atoms with Gasteiger partial charge in [-0.1, -0.05) is 13.8 Å². The molecule has 0 atom stereocenters. The Hall–Kier alpha value is -0.120. The predicted octanol–water partition coefficient (Wildman–Crippen LogP) is 0.479. The molecule has 0 aromatic carbocycles. The van der Waals surface area contributed by atoms with Crippen LogP contribution in [0.2, 0.25) is 0 Å². The smallest absolute Gasteiger partial charge is 0.0110 e. The number of rotatable bonds is 3. The average Bonchev–Trinajstić information content (AvgIpc) is 2.20. The van der Waals surface area contributed by atoms with E-state index in [1.165, 1.54) is 32.7 Å². The van der Waals surface area contributed by atoms with E-state index >= 15 is 0 Å². The summed E-state index contributed by atoms with van der Waals surface area (Å²) < 4.78 is 0. The summed E-state index contributed by atoms with van der Waals surface area (Å²) in [5, 5.41) is 3.17. The molecule has 1 heterocycles. The zero-order chi connectivity index (χ0) is 10.1. The molecule has 3 heteroatoms. The van der Waals surface area contributed by atoms with E-state index in [1.807, 2.05) is 20.9 Å². The van der Waals surface area contributed by atoms with E-state index in [0.717, 1.165) is 6.54 Å². The van der Waals surface area contributed by atoms with Crippen LogP contribution >= 0.6 is 0 Å². The molecule has 0 aliphatic carbocycles. The van der Waals surface area contributed by atoms with Gasteiger partial charge in [-0.25, -0.2) is 0 Å². The Morgan fingerprint density at radius 1 is 1.08 bits per heavy atom. The predicted molar refractivity (Wildman–Crippen MR) is 59.2 cm³/mol. The average molecular weight is 187 g/mol. The maximum atomic E-state index is 3.17. The maximum Gasteiger partial charge on any atom is 0.0110 e. The summed E-state index contributed by atoms with van der Waals surface area (Å²) >= 11 is 0. The van der Waals surface area contributed by atoms with Gasteiger partial charge in [0.15, 0.2) is 0 Å². The van der Waals surface area contributed by atoms with Crippen molar-refractivity contribution in [2.45, 2.75) is 13.8 Å². The van der Waals surface area contributed by atoms with Crippen LogP contribution in [-0.4, -0.2) is 63.2 Å². The van der Waals surface area contributed by atoms with Gasteiger partial charge < -0.3 is 10.2 Å². The maximum absolute atomic E-state index is 3.17. The standard InChI is InChI=1S/C8H19N3.C2H6/c1-9-3-4-11-7-5-10(2)6-8-11;1-2/h9H,3-8H2,1-2H3;1-2H3. The fourth-order valence-electron chi connectivity index (χ4n) is 1.34. The van der Waals surface area contributed by atoms with E-state index in [9.17, 15) is 0 Å². The Labute approximate surface area is 83.1 Å². The lowest BCUT2D eigenvalue weighted by Gasteiger charge is -2.32. The molecule has 0 aromatic heterocycles. The first-order valence-corrected chi connectivity index (χ1v) is 5.38. The molecule has 1 aliphatic heterocycles. The van der Waals surface area contributed by atoms with Crippen LogP contribution in [-0.2, 0) is 0 Å². The van der Waals surface area contributed by atoms with E-state index in [1.54, 1.807) is 0 Å². The molecule has 13 heavy (non-hydrogen) atoms. The van der Waals surface area contributed by atoms with Crippen molar-refractivity contribution >= 4 is 0 Å². The molecular formula is C10H25N3. The highest BCUT2D eigenvalue weighted by molar-refractivity contribution is 4.69. The van der Waals surface area contributed by atoms with Gasteiger partial charge in [0, 0.05) is 39.3 Å². The first-order valence-electron chi connectivity index (χ1n) is 5.38. The number of hydrogen-bond acceptors (Lipinski definition) is 3. The summed E-state index contributed by atoms with van der Waals surface area (Å²) in [5.74, 6) is 0. The zero-order valence-electron chi connectivity index (χ0n) is 9.64. The van der Waals surface area contributed by atoms with Gasteiger partial charge in [0.1, 0.15) is 0 Å². The normalized spacial score (nSPS) is 19.4. The van der Waals surface area contributed by atoms with Crippen LogP contribution in [0.15, 0.2) is 0 Å². The number of likely N-dealkylation sites (N-methyl/N-ethyl adjacent to an activating group) is 2. The summed E-state index contributed by atoms with van der Waals surface area (Å²) in [4.78, 5) is 4.90. The van der Waals surface area contributed by atoms with E-state index in [2.05, 4.69) is 22.2 Å². The van der Waals surface area contributed by atoms with Crippen molar-refractivity contribution in [1.29, 1.82) is 0 Å². The van der Waals surface area contributed by atoms with Crippen LogP contribution in [0, 0.1) is 0 Å². The van der Waals surface area contributed by atoms with Gasteiger partial charge in [0.2, 0.25) is 0 Å². The SMILES string of the molecule is CC.CNCCN1CCN(C)CC1. The van der Waals surface area contributed by atoms with Gasteiger partial charge in [-0.2, -0.15) is 0 Å². The molecule has 3 nitrogen and oxygen atoms in total. The van der Waals surface area contributed by atoms with Gasteiger partial charge in [0.05, 0.1) is 0 Å². The molecule has 0 radical (unpaired) electrons. The Bertz CT molecular complexity index is 95.6. The second-order valence-corrected chi connectivity index (χ2v) is 3.25. The van der Waals surface area contributed by atoms with Crippen LogP contribution in [0.3, 0.4) is 0 Å². The monoisotopic (exact) mass is 187 g/mol. The van der Waals surface area contributed by atoms with Crippen molar-refractivity contribution in [2.75, 3.05) is 53.4 Å². The molecular weight excluding hydrogens is 162 g/mol. The molecule has 1 aliphatic rings. The van der Waals surface area contributed by atoms with Crippen LogP contribution < -0.4 is 5.32 Å². The molecule has 0 saturated carbocycles. The first kappa shape index (κ1) is 12.9. The number of nitrogens with zero attached hydrogens (tertiary/aromatic N) is 2. The minimum Gasteiger partial charge on any atom is -0.318 e. The number of nitrogens with one attached hydrogen (secondary N) is 1. The number of hydrogen-bond donors (Lipinski definition) is 1. The Morgan fingerprint density at radius 3 is 2.08 bits per heavy atom. The summed E-state index contributed by atoms with van der Waals surface area (Å²) in [7, 11) is 4.20. The third-order valence-corrected chi connectivity index (χ3v) is 2.27. The number of piperazine rings is 1. The summed E-state index contributed by atoms with van der Waals surface area (Å²) in [6.45, 7) is 11.2. The summed E-state index contributed by atoms with van der Waals surface area (Å²) in [5.41, 5.74) is 0. The molecule has 0 aromatic rings. The fourth-order valence-corrected chi connectivity index (χ4v) is 1.34. The van der Waals surface area contributed by atoms with Crippen molar-refractivity contribution in [3.05, 3.63) is 0 Å². The Morgan fingerprint density at radius 2 is 1.62 bits per heavy atom. The molecule has 0 unspecified atom stereocenters. The van der Waals surface area contributed by atoms with Crippen molar-refractivity contribution in [1.82, 2.24) is 15.1 Å². The second kappa shape index (κ2) is 8.48. The Kier molecular flexibility index (Phi) is 8.40. The fraction of sp³-hybridized carbons (Fsp3) is 1.00. The highest BCUT2D eigenvalue weighted by Crippen LogP contribution is 1.96. The van der Waals surface area contributed by atoms with Crippen molar-refractivity contribution < 1.29 is 0 Å². The molecule has 80 valence electrons. The van der Waals surface area contributed by atoms with Gasteiger partial charge in [-0.05, 0) is 14.1 Å². The Balaban J connectivity index is 0.000000671. The lowest BCUT2D eigenvalue weighted by Crippen LogP contribution is -2.46. The highest BCUT2D eigenvalue weighted by Gasteiger charge is 2.11. The largest absolute Gasteiger partial charge is 0.318 e. The van der Waals surface area contributed by atoms with E-state index in [4.69, 9.17) is 0 Å². The lowest BCUT2D eigenvalue weighted by molar-refractivity contribution is 0.155. The molecule has 1 N–H and O–H groups in total. The van der Waals surface area contributed by atoms with Gasteiger partial charge in [-0.15, -0.1) is 0 Å². The minimum absolute atomic E-state index is 1.11. The zero-order valence-corrected chi connectivity index (χ0v) is 9.64. The second-order valence-electron chi connectivity index (χ2n) is 3.25. The molecule has 0 spiro atoms. The third kappa shape index (κ3) is 6.02. The molecule has 1 saturated heterocycles. The topological polar surface area (TPSA) is 18.5 Å². The lowest BCUT2D eigenvalue weighted by atomic mass is 10.3. The van der Waals surface area contributed by atoms with Crippen LogP contribution in [0.5, 0.6) is 0 Å². The highest BCUT2D eigenvalue weighted by atomic mass is 15.2. The first-order chi connectivity index (χ1) is 6.33. The molecule has 1 rings (SSSR count). The molecule has 0 amide bonds. The van der Waals surface area contributed by atoms with Crippen LogP contribution in [0.25, 0.3) is 0 Å². The van der Waals surface area contributed by atoms with E-state index in [0.29, 0.717) is 0 Å². The molecule has 0 bridgehead atoms. The summed E-state index contributed by atoms with van der Waals surface area (Å²) in [6.07, 6.45) is 0. The van der Waals surface area contributed by atoms with E-state index < -0.39 is 0 Å². The van der Waals surface area contributed by atoms with Gasteiger partial charge >= 0.3 is 0 Å². The van der Waals surface area contributed by atoms with Gasteiger partial charge in [-0.3, -0.25) is 4.90 Å². The van der Waals surface area contributed by atoms with E-state index in [-0.39, 0.29) is 0 Å². The quantitative estimate of drug-likeness (QED) is 0.693.